The van der Waals surface area contributed by atoms with E-state index in [2.05, 4.69) is 5.32 Å². The Hall–Kier alpha value is -3.01. The Kier molecular flexibility index (Phi) is 6.68. The van der Waals surface area contributed by atoms with Crippen LogP contribution in [-0.2, 0) is 21.4 Å². The fourth-order valence-corrected chi connectivity index (χ4v) is 3.63. The lowest BCUT2D eigenvalue weighted by atomic mass is 10.3. The highest BCUT2D eigenvalue weighted by Crippen LogP contribution is 2.23. The van der Waals surface area contributed by atoms with Gasteiger partial charge in [-0.2, -0.15) is 0 Å². The second-order valence-corrected chi connectivity index (χ2v) is 7.68. The predicted molar refractivity (Wildman–Crippen MR) is 105 cm³/mol. The first-order chi connectivity index (χ1) is 13.1. The van der Waals surface area contributed by atoms with Crippen LogP contribution in [0.5, 0.6) is 0 Å². The number of hydrogen-bond donors (Lipinski definition) is 3. The van der Waals surface area contributed by atoms with Crippen LogP contribution in [0, 0.1) is 6.92 Å². The molecule has 9 nitrogen and oxygen atoms in total. The molecule has 0 aliphatic heterocycles. The van der Waals surface area contributed by atoms with E-state index in [1.165, 1.54) is 11.6 Å². The number of hydrogen-bond acceptors (Lipinski definition) is 5. The van der Waals surface area contributed by atoms with Crippen molar-refractivity contribution < 1.29 is 24.6 Å². The molecule has 0 unspecified atom stereocenters. The maximum absolute atomic E-state index is 12.8. The maximum atomic E-state index is 12.8. The third-order valence-electron chi connectivity index (χ3n) is 4.18. The van der Waals surface area contributed by atoms with Crippen LogP contribution in [0.2, 0.25) is 0 Å². The summed E-state index contributed by atoms with van der Waals surface area (Å²) in [4.78, 5) is 47.3. The van der Waals surface area contributed by atoms with Crippen molar-refractivity contribution in [2.45, 2.75) is 30.8 Å². The van der Waals surface area contributed by atoms with Crippen LogP contribution in [0.4, 0.5) is 5.69 Å². The first-order valence-electron chi connectivity index (χ1n) is 8.38. The van der Waals surface area contributed by atoms with Gasteiger partial charge in [-0.15, -0.1) is 11.8 Å². The summed E-state index contributed by atoms with van der Waals surface area (Å²) >= 11 is 0.720. The molecule has 3 N–H and O–H groups in total. The molecule has 1 heterocycles. The molecular weight excluding hydrogens is 386 g/mol. The fraction of sp³-hybridized carbons (Fsp3) is 0.333. The predicted octanol–water partition coefficient (Wildman–Crippen LogP) is 1.47. The van der Waals surface area contributed by atoms with Crippen molar-refractivity contribution in [3.05, 3.63) is 46.4 Å². The topological polar surface area (TPSA) is 131 Å². The van der Waals surface area contributed by atoms with Crippen LogP contribution in [0.15, 0.2) is 35.1 Å². The van der Waals surface area contributed by atoms with Gasteiger partial charge in [0.05, 0.1) is 23.1 Å². The molecule has 0 bridgehead atoms. The number of rotatable bonds is 8. The van der Waals surface area contributed by atoms with E-state index in [0.717, 1.165) is 11.8 Å². The Morgan fingerprint density at radius 1 is 1.18 bits per heavy atom. The molecular formula is C18H21N3O6S. The molecule has 0 fully saturated rings. The summed E-state index contributed by atoms with van der Waals surface area (Å²) in [7, 11) is 1.69. The van der Waals surface area contributed by atoms with Crippen molar-refractivity contribution in [3.63, 3.8) is 0 Å². The summed E-state index contributed by atoms with van der Waals surface area (Å²) in [6.45, 7) is 3.14. The minimum absolute atomic E-state index is 0.0916. The summed E-state index contributed by atoms with van der Waals surface area (Å²) in [5.74, 6) is -3.15. The fourth-order valence-electron chi connectivity index (χ4n) is 2.60. The van der Waals surface area contributed by atoms with Crippen LogP contribution in [0.25, 0.3) is 5.69 Å². The number of thioether (sulfide) groups is 1. The molecule has 0 aliphatic rings. The maximum Gasteiger partial charge on any atom is 0.317 e. The number of carboxylic acids is 2. The molecule has 150 valence electrons. The molecule has 28 heavy (non-hydrogen) atoms. The first kappa shape index (κ1) is 21.3. The van der Waals surface area contributed by atoms with Gasteiger partial charge in [-0.1, -0.05) is 18.2 Å². The van der Waals surface area contributed by atoms with E-state index in [4.69, 9.17) is 10.2 Å². The highest BCUT2D eigenvalue weighted by Gasteiger charge is 2.28. The Labute approximate surface area is 164 Å². The van der Waals surface area contributed by atoms with Gasteiger partial charge in [0.25, 0.3) is 5.56 Å². The molecule has 0 saturated heterocycles. The SMILES string of the molecule is Cc1c(NC(=O)[C@H](C)S[C@@H](CC(=O)O)C(=O)O)c(=O)n(-c2ccccc2)n1C. The number of nitrogens with one attached hydrogen (secondary N) is 1. The zero-order valence-electron chi connectivity index (χ0n) is 15.6. The molecule has 1 aromatic carbocycles. The summed E-state index contributed by atoms with van der Waals surface area (Å²) < 4.78 is 3.02. The molecule has 1 amide bonds. The molecule has 2 atom stereocenters. The number of benzene rings is 1. The number of aromatic nitrogens is 2. The monoisotopic (exact) mass is 407 g/mol. The minimum atomic E-state index is -1.31. The van der Waals surface area contributed by atoms with Crippen molar-refractivity contribution in [1.82, 2.24) is 9.36 Å². The third kappa shape index (κ3) is 4.63. The van der Waals surface area contributed by atoms with Gasteiger partial charge in [0.1, 0.15) is 10.9 Å². The molecule has 0 aliphatic carbocycles. The zero-order valence-corrected chi connectivity index (χ0v) is 16.4. The molecule has 0 saturated carbocycles. The summed E-state index contributed by atoms with van der Waals surface area (Å²) in [6.07, 6.45) is -0.608. The van der Waals surface area contributed by atoms with Gasteiger partial charge >= 0.3 is 11.9 Å². The van der Waals surface area contributed by atoms with Crippen molar-refractivity contribution in [2.24, 2.45) is 7.05 Å². The average molecular weight is 407 g/mol. The van der Waals surface area contributed by atoms with Gasteiger partial charge in [0.2, 0.25) is 5.91 Å². The summed E-state index contributed by atoms with van der Waals surface area (Å²) in [6, 6.07) is 8.91. The molecule has 1 aromatic heterocycles. The molecule has 2 rings (SSSR count). The lowest BCUT2D eigenvalue weighted by molar-refractivity contribution is -0.142. The number of anilines is 1. The number of nitrogens with zero attached hydrogens (tertiary/aromatic N) is 2. The summed E-state index contributed by atoms with van der Waals surface area (Å²) in [5.41, 5.74) is 0.833. The van der Waals surface area contributed by atoms with E-state index in [9.17, 15) is 19.2 Å². The van der Waals surface area contributed by atoms with E-state index in [1.807, 2.05) is 6.07 Å². The van der Waals surface area contributed by atoms with E-state index in [-0.39, 0.29) is 5.69 Å². The molecule has 10 heteroatoms. The van der Waals surface area contributed by atoms with Crippen molar-refractivity contribution in [3.8, 4) is 5.69 Å². The Bertz CT molecular complexity index is 950. The Morgan fingerprint density at radius 3 is 2.32 bits per heavy atom. The van der Waals surface area contributed by atoms with Gasteiger partial charge < -0.3 is 15.5 Å². The molecule has 2 aromatic rings. The highest BCUT2D eigenvalue weighted by atomic mass is 32.2. The highest BCUT2D eigenvalue weighted by molar-refractivity contribution is 8.01. The third-order valence-corrected chi connectivity index (χ3v) is 5.49. The number of carboxylic acid groups (broad SMARTS) is 2. The van der Waals surface area contributed by atoms with E-state index in [1.54, 1.807) is 42.9 Å². The van der Waals surface area contributed by atoms with Gasteiger partial charge in [0, 0.05) is 7.05 Å². The molecule has 0 radical (unpaired) electrons. The standard InChI is InChI=1S/C18H21N3O6S/c1-10-15(17(25)21(20(10)3)12-7-5-4-6-8-12)19-16(24)11(2)28-13(18(26)27)9-14(22)23/h4-8,11,13H,9H2,1-3H3,(H,19,24)(H,22,23)(H,26,27)/t11-,13-/m0/s1. The van der Waals surface area contributed by atoms with Gasteiger partial charge in [0.15, 0.2) is 0 Å². The van der Waals surface area contributed by atoms with E-state index >= 15 is 0 Å². The average Bonchev–Trinajstić information content (AvgIpc) is 2.84. The van der Waals surface area contributed by atoms with E-state index in [0.29, 0.717) is 11.4 Å². The van der Waals surface area contributed by atoms with Crippen LogP contribution >= 0.6 is 11.8 Å². The van der Waals surface area contributed by atoms with Crippen LogP contribution < -0.4 is 10.9 Å². The largest absolute Gasteiger partial charge is 0.481 e. The number of para-hydroxylation sites is 1. The van der Waals surface area contributed by atoms with Gasteiger partial charge in [-0.05, 0) is 26.0 Å². The van der Waals surface area contributed by atoms with Crippen LogP contribution in [0.1, 0.15) is 19.0 Å². The lowest BCUT2D eigenvalue weighted by Gasteiger charge is -2.15. The van der Waals surface area contributed by atoms with Crippen molar-refractivity contribution in [1.29, 1.82) is 0 Å². The second kappa shape index (κ2) is 8.79. The van der Waals surface area contributed by atoms with Gasteiger partial charge in [-0.3, -0.25) is 23.9 Å². The van der Waals surface area contributed by atoms with E-state index < -0.39 is 40.3 Å². The Morgan fingerprint density at radius 2 is 1.79 bits per heavy atom. The first-order valence-corrected chi connectivity index (χ1v) is 9.32. The van der Waals surface area contributed by atoms with Crippen molar-refractivity contribution >= 4 is 35.3 Å². The van der Waals surface area contributed by atoms with Crippen molar-refractivity contribution in [2.75, 3.05) is 5.32 Å². The molecule has 0 spiro atoms. The zero-order chi connectivity index (χ0) is 21.0. The normalized spacial score (nSPS) is 13.0. The Balaban J connectivity index is 2.23. The smallest absolute Gasteiger partial charge is 0.317 e. The van der Waals surface area contributed by atoms with Crippen LogP contribution in [0.3, 0.4) is 0 Å². The second-order valence-electron chi connectivity index (χ2n) is 6.13. The number of amides is 1. The number of carbonyl (C=O) groups excluding carboxylic acids is 1. The minimum Gasteiger partial charge on any atom is -0.481 e. The number of carbonyl (C=O) groups is 3. The summed E-state index contributed by atoms with van der Waals surface area (Å²) in [5, 5.41) is 18.3. The quantitative estimate of drug-likeness (QED) is 0.604. The van der Waals surface area contributed by atoms with Crippen LogP contribution in [-0.4, -0.2) is 47.9 Å². The van der Waals surface area contributed by atoms with Gasteiger partial charge in [-0.25, -0.2) is 4.68 Å². The number of aliphatic carboxylic acids is 2. The lowest BCUT2D eigenvalue weighted by Crippen LogP contribution is -2.30.